The van der Waals surface area contributed by atoms with Crippen LogP contribution in [-0.4, -0.2) is 63.6 Å². The molecule has 2 heterocycles. The normalized spacial score (nSPS) is 21.0. The molecule has 2 fully saturated rings. The van der Waals surface area contributed by atoms with Gasteiger partial charge in [0.25, 0.3) is 5.91 Å². The number of benzene rings is 1. The van der Waals surface area contributed by atoms with Crippen molar-refractivity contribution in [2.75, 3.05) is 43.6 Å². The third-order valence-electron chi connectivity index (χ3n) is 4.10. The molecule has 1 amide bonds. The van der Waals surface area contributed by atoms with E-state index in [1.165, 1.54) is 12.1 Å². The molecule has 0 aliphatic carbocycles. The topological polar surface area (TPSA) is 102 Å². The first kappa shape index (κ1) is 16.9. The van der Waals surface area contributed by atoms with Gasteiger partial charge in [-0.3, -0.25) is 4.79 Å². The number of anilines is 1. The van der Waals surface area contributed by atoms with Gasteiger partial charge in [-0.25, -0.2) is 13.4 Å². The summed E-state index contributed by atoms with van der Waals surface area (Å²) in [4.78, 5) is 13.5. The molecule has 0 saturated carbocycles. The predicted molar refractivity (Wildman–Crippen MR) is 85.5 cm³/mol. The second kappa shape index (κ2) is 6.54. The Hall–Kier alpha value is -1.91. The summed E-state index contributed by atoms with van der Waals surface area (Å²) in [6.07, 6.45) is 0.536. The molecule has 3 N–H and O–H groups in total. The van der Waals surface area contributed by atoms with Gasteiger partial charge in [0.2, 0.25) is 0 Å². The van der Waals surface area contributed by atoms with Crippen molar-refractivity contribution in [2.45, 2.75) is 6.42 Å². The van der Waals surface area contributed by atoms with Crippen LogP contribution in [0.1, 0.15) is 5.56 Å². The van der Waals surface area contributed by atoms with Gasteiger partial charge in [-0.15, -0.1) is 0 Å². The summed E-state index contributed by atoms with van der Waals surface area (Å²) in [5, 5.41) is 13.3. The number of phenolic OH excluding ortho intramolecular Hbond substituents is 1. The molecule has 1 aromatic rings. The lowest BCUT2D eigenvalue weighted by Crippen LogP contribution is -2.44. The van der Waals surface area contributed by atoms with Crippen LogP contribution in [0.4, 0.5) is 10.1 Å². The van der Waals surface area contributed by atoms with E-state index in [-0.39, 0.29) is 0 Å². The Kier molecular flexibility index (Phi) is 4.61. The summed E-state index contributed by atoms with van der Waals surface area (Å²) in [6.45, 7) is 3.81. The van der Waals surface area contributed by atoms with Gasteiger partial charge in [0.1, 0.15) is 18.0 Å². The molecule has 2 aliphatic heterocycles. The first-order valence-electron chi connectivity index (χ1n) is 7.64. The Labute approximate surface area is 139 Å². The summed E-state index contributed by atoms with van der Waals surface area (Å²) < 4.78 is 40.3. The van der Waals surface area contributed by atoms with E-state index in [2.05, 4.69) is 10.2 Å². The second-order valence-corrected chi connectivity index (χ2v) is 7.42. The Balaban J connectivity index is 1.77. The van der Waals surface area contributed by atoms with E-state index >= 15 is 0 Å². The zero-order valence-electron chi connectivity index (χ0n) is 13.0. The van der Waals surface area contributed by atoms with Gasteiger partial charge in [0.15, 0.2) is 5.82 Å². The Bertz CT molecular complexity index is 726. The van der Waals surface area contributed by atoms with Crippen molar-refractivity contribution in [1.82, 2.24) is 14.9 Å². The lowest BCUT2D eigenvalue weighted by Gasteiger charge is -2.27. The lowest BCUT2D eigenvalue weighted by atomic mass is 10.1. The SMILES string of the molecule is O=C1CN(c2c(O)cc(CCN3CCNCC3)cc2F)S(=O)(=O)N1. The number of hydrogen-bond acceptors (Lipinski definition) is 6. The van der Waals surface area contributed by atoms with Crippen LogP contribution >= 0.6 is 0 Å². The molecule has 0 atom stereocenters. The Morgan fingerprint density at radius 1 is 1.25 bits per heavy atom. The number of phenols is 1. The summed E-state index contributed by atoms with van der Waals surface area (Å²) in [6, 6.07) is 2.55. The van der Waals surface area contributed by atoms with E-state index in [1.54, 1.807) is 4.72 Å². The number of halogens is 1. The quantitative estimate of drug-likeness (QED) is 0.649. The number of nitrogens with zero attached hydrogens (tertiary/aromatic N) is 2. The van der Waals surface area contributed by atoms with Crippen LogP contribution in [0.5, 0.6) is 5.75 Å². The largest absolute Gasteiger partial charge is 0.506 e. The van der Waals surface area contributed by atoms with Crippen LogP contribution in [0.3, 0.4) is 0 Å². The maximum Gasteiger partial charge on any atom is 0.326 e. The minimum Gasteiger partial charge on any atom is -0.506 e. The number of amides is 1. The fourth-order valence-electron chi connectivity index (χ4n) is 2.90. The van der Waals surface area contributed by atoms with Gasteiger partial charge >= 0.3 is 10.2 Å². The highest BCUT2D eigenvalue weighted by Gasteiger charge is 2.37. The summed E-state index contributed by atoms with van der Waals surface area (Å²) in [7, 11) is -4.16. The van der Waals surface area contributed by atoms with E-state index in [1.807, 2.05) is 0 Å². The van der Waals surface area contributed by atoms with E-state index in [4.69, 9.17) is 0 Å². The third kappa shape index (κ3) is 3.45. The summed E-state index contributed by atoms with van der Waals surface area (Å²) in [5.41, 5.74) is 0.0717. The van der Waals surface area contributed by atoms with Gasteiger partial charge in [-0.1, -0.05) is 0 Å². The number of piperazine rings is 1. The molecule has 10 heteroatoms. The maximum atomic E-state index is 14.4. The number of nitrogens with one attached hydrogen (secondary N) is 2. The minimum atomic E-state index is -4.16. The highest BCUT2D eigenvalue weighted by atomic mass is 32.2. The third-order valence-corrected chi connectivity index (χ3v) is 5.48. The zero-order valence-corrected chi connectivity index (χ0v) is 13.8. The molecule has 0 aromatic heterocycles. The number of carbonyl (C=O) groups excluding carboxylic acids is 1. The second-order valence-electron chi connectivity index (χ2n) is 5.82. The summed E-state index contributed by atoms with van der Waals surface area (Å²) >= 11 is 0. The fourth-order valence-corrected chi connectivity index (χ4v) is 4.07. The van der Waals surface area contributed by atoms with E-state index < -0.39 is 39.9 Å². The molecule has 24 heavy (non-hydrogen) atoms. The molecule has 2 saturated heterocycles. The molecule has 3 rings (SSSR count). The molecule has 132 valence electrons. The van der Waals surface area contributed by atoms with Crippen molar-refractivity contribution >= 4 is 21.8 Å². The van der Waals surface area contributed by atoms with E-state index in [9.17, 15) is 22.7 Å². The van der Waals surface area contributed by atoms with Gasteiger partial charge < -0.3 is 15.3 Å². The molecule has 1 aromatic carbocycles. The molecule has 0 radical (unpaired) electrons. The van der Waals surface area contributed by atoms with Crippen molar-refractivity contribution in [3.8, 4) is 5.75 Å². The molecule has 2 aliphatic rings. The first-order chi connectivity index (χ1) is 11.4. The van der Waals surface area contributed by atoms with Crippen molar-refractivity contribution < 1.29 is 22.7 Å². The van der Waals surface area contributed by atoms with E-state index in [0.717, 1.165) is 32.7 Å². The fraction of sp³-hybridized carbons (Fsp3) is 0.500. The predicted octanol–water partition coefficient (Wildman–Crippen LogP) is -0.840. The lowest BCUT2D eigenvalue weighted by molar-refractivity contribution is -0.117. The monoisotopic (exact) mass is 358 g/mol. The Morgan fingerprint density at radius 3 is 2.54 bits per heavy atom. The number of rotatable bonds is 4. The van der Waals surface area contributed by atoms with Gasteiger partial charge in [0, 0.05) is 32.7 Å². The van der Waals surface area contributed by atoms with Crippen LogP contribution < -0.4 is 14.3 Å². The van der Waals surface area contributed by atoms with E-state index in [0.29, 0.717) is 16.3 Å². The van der Waals surface area contributed by atoms with Crippen LogP contribution in [0, 0.1) is 5.82 Å². The van der Waals surface area contributed by atoms with Gasteiger partial charge in [0.05, 0.1) is 0 Å². The minimum absolute atomic E-state index is 0.495. The number of carbonyl (C=O) groups is 1. The average Bonchev–Trinajstić information content (AvgIpc) is 2.78. The molecule has 0 unspecified atom stereocenters. The van der Waals surface area contributed by atoms with Crippen molar-refractivity contribution in [3.63, 3.8) is 0 Å². The standard InChI is InChI=1S/C14H19FN4O4S/c15-11-7-10(1-4-18-5-2-16-3-6-18)8-12(20)14(11)19-9-13(21)17-24(19,22)23/h7-8,16,20H,1-6,9H2,(H,17,21). The molecule has 8 nitrogen and oxygen atoms in total. The molecular formula is C14H19FN4O4S. The summed E-state index contributed by atoms with van der Waals surface area (Å²) in [5.74, 6) is -2.13. The smallest absolute Gasteiger partial charge is 0.326 e. The van der Waals surface area contributed by atoms with Crippen LogP contribution in [0.2, 0.25) is 0 Å². The number of hydrogen-bond donors (Lipinski definition) is 3. The average molecular weight is 358 g/mol. The van der Waals surface area contributed by atoms with Crippen molar-refractivity contribution in [1.29, 1.82) is 0 Å². The first-order valence-corrected chi connectivity index (χ1v) is 9.08. The van der Waals surface area contributed by atoms with Crippen LogP contribution in [0.25, 0.3) is 0 Å². The van der Waals surface area contributed by atoms with Crippen LogP contribution in [-0.2, 0) is 21.4 Å². The highest BCUT2D eigenvalue weighted by Crippen LogP contribution is 2.34. The molecular weight excluding hydrogens is 339 g/mol. The Morgan fingerprint density at radius 2 is 1.96 bits per heavy atom. The number of aromatic hydroxyl groups is 1. The molecule has 0 spiro atoms. The van der Waals surface area contributed by atoms with Crippen LogP contribution in [0.15, 0.2) is 12.1 Å². The van der Waals surface area contributed by atoms with Gasteiger partial charge in [-0.2, -0.15) is 8.42 Å². The van der Waals surface area contributed by atoms with Crippen molar-refractivity contribution in [3.05, 3.63) is 23.5 Å². The highest BCUT2D eigenvalue weighted by molar-refractivity contribution is 7.92. The molecule has 0 bridgehead atoms. The maximum absolute atomic E-state index is 14.4. The zero-order chi connectivity index (χ0) is 17.3. The van der Waals surface area contributed by atoms with Gasteiger partial charge in [-0.05, 0) is 24.1 Å². The van der Waals surface area contributed by atoms with Crippen molar-refractivity contribution in [2.24, 2.45) is 0 Å².